The molecule has 0 aromatic carbocycles. The lowest BCUT2D eigenvalue weighted by Gasteiger charge is -2.26. The first-order valence-corrected chi connectivity index (χ1v) is 7.63. The minimum atomic E-state index is -0.561. The van der Waals surface area contributed by atoms with Gasteiger partial charge in [0, 0.05) is 23.5 Å². The Labute approximate surface area is 135 Å². The molecular weight excluding hydrogens is 290 g/mol. The molecule has 5 heteroatoms. The molecule has 0 radical (unpaired) electrons. The molecule has 1 amide bonds. The molecule has 0 atom stereocenters. The minimum Gasteiger partial charge on any atom is -0.361 e. The van der Waals surface area contributed by atoms with Crippen LogP contribution in [0.5, 0.6) is 0 Å². The summed E-state index contributed by atoms with van der Waals surface area (Å²) in [5, 5.41) is 7.06. The smallest absolute Gasteiger partial charge is 0.253 e. The zero-order valence-electron chi connectivity index (χ0n) is 14.1. The number of aryl methyl sites for hydroxylation is 3. The summed E-state index contributed by atoms with van der Waals surface area (Å²) in [6, 6.07) is 5.91. The third kappa shape index (κ3) is 2.63. The molecule has 0 saturated carbocycles. The van der Waals surface area contributed by atoms with E-state index in [9.17, 15) is 4.79 Å². The van der Waals surface area contributed by atoms with E-state index in [1.807, 2.05) is 69.6 Å². The average Bonchev–Trinajstić information content (AvgIpc) is 3.03. The van der Waals surface area contributed by atoms with Crippen LogP contribution in [0.15, 0.2) is 35.1 Å². The standard InChI is InChI=1S/C18H21N3O2/c1-11-7-6-8-21-10-14(9-15(11)21)17(22)19-18(4,5)16-12(2)20-23-13(16)3/h6-10H,1-5H3,(H,19,22). The number of hydrogen-bond donors (Lipinski definition) is 1. The van der Waals surface area contributed by atoms with Gasteiger partial charge < -0.3 is 14.2 Å². The van der Waals surface area contributed by atoms with Crippen LogP contribution in [0, 0.1) is 20.8 Å². The van der Waals surface area contributed by atoms with Gasteiger partial charge in [-0.3, -0.25) is 4.79 Å². The maximum Gasteiger partial charge on any atom is 0.253 e. The first-order chi connectivity index (χ1) is 10.8. The number of fused-ring (bicyclic) bond motifs is 1. The van der Waals surface area contributed by atoms with Gasteiger partial charge in [0.2, 0.25) is 0 Å². The normalized spacial score (nSPS) is 11.9. The Kier molecular flexibility index (Phi) is 3.51. The highest BCUT2D eigenvalue weighted by Gasteiger charge is 2.30. The van der Waals surface area contributed by atoms with Gasteiger partial charge in [-0.2, -0.15) is 0 Å². The Morgan fingerprint density at radius 1 is 1.30 bits per heavy atom. The molecule has 0 fully saturated rings. The van der Waals surface area contributed by atoms with E-state index >= 15 is 0 Å². The molecule has 120 valence electrons. The number of pyridine rings is 1. The van der Waals surface area contributed by atoms with Crippen LogP contribution < -0.4 is 5.32 Å². The number of aromatic nitrogens is 2. The zero-order chi connectivity index (χ0) is 16.8. The lowest BCUT2D eigenvalue weighted by atomic mass is 9.92. The number of nitrogens with one attached hydrogen (secondary N) is 1. The third-order valence-electron chi connectivity index (χ3n) is 4.19. The monoisotopic (exact) mass is 311 g/mol. The highest BCUT2D eigenvalue weighted by Crippen LogP contribution is 2.27. The lowest BCUT2D eigenvalue weighted by Crippen LogP contribution is -2.41. The summed E-state index contributed by atoms with van der Waals surface area (Å²) < 4.78 is 7.19. The Morgan fingerprint density at radius 3 is 2.65 bits per heavy atom. The van der Waals surface area contributed by atoms with Crippen molar-refractivity contribution >= 4 is 11.4 Å². The molecule has 3 aromatic heterocycles. The molecule has 0 spiro atoms. The van der Waals surface area contributed by atoms with Crippen LogP contribution in [0.25, 0.3) is 5.52 Å². The van der Waals surface area contributed by atoms with E-state index in [4.69, 9.17) is 4.52 Å². The fourth-order valence-corrected chi connectivity index (χ4v) is 3.20. The van der Waals surface area contributed by atoms with Gasteiger partial charge in [0.15, 0.2) is 0 Å². The summed E-state index contributed by atoms with van der Waals surface area (Å²) in [7, 11) is 0. The number of rotatable bonds is 3. The second kappa shape index (κ2) is 5.26. The molecular formula is C18H21N3O2. The van der Waals surface area contributed by atoms with Crippen LogP contribution in [0.2, 0.25) is 0 Å². The molecule has 1 N–H and O–H groups in total. The van der Waals surface area contributed by atoms with Gasteiger partial charge in [0.25, 0.3) is 5.91 Å². The number of carbonyl (C=O) groups excluding carboxylic acids is 1. The van der Waals surface area contributed by atoms with Gasteiger partial charge in [-0.05, 0) is 52.3 Å². The molecule has 3 heterocycles. The summed E-state index contributed by atoms with van der Waals surface area (Å²) in [4.78, 5) is 12.7. The first kappa shape index (κ1) is 15.3. The molecule has 23 heavy (non-hydrogen) atoms. The Hall–Kier alpha value is -2.56. The van der Waals surface area contributed by atoms with Gasteiger partial charge in [0.05, 0.1) is 16.8 Å². The Bertz CT molecular complexity index is 867. The molecule has 0 saturated heterocycles. The zero-order valence-corrected chi connectivity index (χ0v) is 14.1. The van der Waals surface area contributed by atoms with Crippen LogP contribution in [0.1, 0.15) is 46.8 Å². The number of hydrogen-bond acceptors (Lipinski definition) is 3. The van der Waals surface area contributed by atoms with E-state index in [2.05, 4.69) is 10.5 Å². The Balaban J connectivity index is 1.92. The lowest BCUT2D eigenvalue weighted by molar-refractivity contribution is 0.0911. The van der Waals surface area contributed by atoms with Crippen LogP contribution in [0.4, 0.5) is 0 Å². The predicted molar refractivity (Wildman–Crippen MR) is 88.6 cm³/mol. The second-order valence-corrected chi connectivity index (χ2v) is 6.49. The van der Waals surface area contributed by atoms with Gasteiger partial charge in [0.1, 0.15) is 5.76 Å². The number of amides is 1. The quantitative estimate of drug-likeness (QED) is 0.805. The molecule has 0 aliphatic carbocycles. The molecule has 0 aliphatic heterocycles. The fraction of sp³-hybridized carbons (Fsp3) is 0.333. The highest BCUT2D eigenvalue weighted by molar-refractivity contribution is 5.96. The van der Waals surface area contributed by atoms with Crippen LogP contribution in [0.3, 0.4) is 0 Å². The third-order valence-corrected chi connectivity index (χ3v) is 4.19. The van der Waals surface area contributed by atoms with E-state index < -0.39 is 5.54 Å². The van der Waals surface area contributed by atoms with Crippen molar-refractivity contribution in [2.24, 2.45) is 0 Å². The van der Waals surface area contributed by atoms with Crippen molar-refractivity contribution in [3.63, 3.8) is 0 Å². The molecule has 3 aromatic rings. The average molecular weight is 311 g/mol. The first-order valence-electron chi connectivity index (χ1n) is 7.63. The molecule has 0 unspecified atom stereocenters. The summed E-state index contributed by atoms with van der Waals surface area (Å²) in [5.41, 5.74) is 3.97. The van der Waals surface area contributed by atoms with Gasteiger partial charge >= 0.3 is 0 Å². The van der Waals surface area contributed by atoms with E-state index in [1.54, 1.807) is 0 Å². The van der Waals surface area contributed by atoms with Crippen molar-refractivity contribution in [1.82, 2.24) is 14.9 Å². The molecule has 3 rings (SSSR count). The Morgan fingerprint density at radius 2 is 2.04 bits per heavy atom. The molecule has 0 aliphatic rings. The summed E-state index contributed by atoms with van der Waals surface area (Å²) >= 11 is 0. The van der Waals surface area contributed by atoms with E-state index in [-0.39, 0.29) is 5.91 Å². The largest absolute Gasteiger partial charge is 0.361 e. The van der Waals surface area contributed by atoms with Crippen molar-refractivity contribution < 1.29 is 9.32 Å². The van der Waals surface area contributed by atoms with E-state index in [0.29, 0.717) is 5.56 Å². The van der Waals surface area contributed by atoms with E-state index in [1.165, 1.54) is 0 Å². The van der Waals surface area contributed by atoms with Crippen molar-refractivity contribution in [2.75, 3.05) is 0 Å². The van der Waals surface area contributed by atoms with Crippen LogP contribution >= 0.6 is 0 Å². The summed E-state index contributed by atoms with van der Waals surface area (Å²) in [6.07, 6.45) is 3.79. The van der Waals surface area contributed by atoms with Crippen LogP contribution in [-0.4, -0.2) is 15.5 Å². The van der Waals surface area contributed by atoms with Gasteiger partial charge in [-0.25, -0.2) is 0 Å². The molecule has 0 bridgehead atoms. The maximum absolute atomic E-state index is 12.7. The number of carbonyl (C=O) groups is 1. The van der Waals surface area contributed by atoms with Crippen LogP contribution in [-0.2, 0) is 5.54 Å². The minimum absolute atomic E-state index is 0.113. The maximum atomic E-state index is 12.7. The highest BCUT2D eigenvalue weighted by atomic mass is 16.5. The van der Waals surface area contributed by atoms with E-state index in [0.717, 1.165) is 28.1 Å². The van der Waals surface area contributed by atoms with Gasteiger partial charge in [-0.1, -0.05) is 11.2 Å². The van der Waals surface area contributed by atoms with Crippen molar-refractivity contribution in [3.05, 3.63) is 58.7 Å². The second-order valence-electron chi connectivity index (χ2n) is 6.49. The molecule has 5 nitrogen and oxygen atoms in total. The number of nitrogens with zero attached hydrogens (tertiary/aromatic N) is 2. The van der Waals surface area contributed by atoms with Crippen molar-refractivity contribution in [2.45, 2.75) is 40.2 Å². The topological polar surface area (TPSA) is 59.5 Å². The SMILES string of the molecule is Cc1noc(C)c1C(C)(C)NC(=O)c1cc2c(C)cccn2c1. The van der Waals surface area contributed by atoms with Gasteiger partial charge in [-0.15, -0.1) is 0 Å². The van der Waals surface area contributed by atoms with Crippen molar-refractivity contribution in [1.29, 1.82) is 0 Å². The summed E-state index contributed by atoms with van der Waals surface area (Å²) in [6.45, 7) is 9.69. The fourth-order valence-electron chi connectivity index (χ4n) is 3.20. The predicted octanol–water partition coefficient (Wildman–Crippen LogP) is 3.52. The summed E-state index contributed by atoms with van der Waals surface area (Å²) in [5.74, 6) is 0.615. The van der Waals surface area contributed by atoms with Crippen molar-refractivity contribution in [3.8, 4) is 0 Å².